The van der Waals surface area contributed by atoms with Crippen LogP contribution in [0.3, 0.4) is 0 Å². The van der Waals surface area contributed by atoms with Gasteiger partial charge >= 0.3 is 5.69 Å². The van der Waals surface area contributed by atoms with Crippen molar-refractivity contribution in [2.75, 3.05) is 18.1 Å². The minimum absolute atomic E-state index is 0.0303. The zero-order chi connectivity index (χ0) is 24.6. The molecule has 0 fully saturated rings. The average molecular weight is 584 g/mol. The summed E-state index contributed by atoms with van der Waals surface area (Å²) in [6, 6.07) is 9.02. The Bertz CT molecular complexity index is 1640. The van der Waals surface area contributed by atoms with Crippen molar-refractivity contribution in [3.8, 4) is 5.82 Å². The Kier molecular flexibility index (Phi) is 6.76. The maximum Gasteiger partial charge on any atom is 0.334 e. The summed E-state index contributed by atoms with van der Waals surface area (Å²) < 4.78 is 26.6. The number of sulfone groups is 1. The van der Waals surface area contributed by atoms with E-state index in [4.69, 9.17) is 11.6 Å². The summed E-state index contributed by atoms with van der Waals surface area (Å²) in [5, 5.41) is 3.24. The van der Waals surface area contributed by atoms with Crippen LogP contribution in [-0.2, 0) is 21.1 Å². The SMILES string of the molecule is CNc1cc2[nH]c(=O)n(-c3ccc(CC(=O)CS(=O)(=O)c4ccc(Cl)s4)cn3)c(=O)c2cc1Br. The van der Waals surface area contributed by atoms with Gasteiger partial charge in [0, 0.05) is 24.1 Å². The lowest BCUT2D eigenvalue weighted by Gasteiger charge is -2.09. The molecule has 1 aromatic carbocycles. The normalized spacial score (nSPS) is 11.6. The maximum atomic E-state index is 13.0. The van der Waals surface area contributed by atoms with Crippen molar-refractivity contribution in [1.29, 1.82) is 0 Å². The lowest BCUT2D eigenvalue weighted by Crippen LogP contribution is -2.34. The molecule has 3 aromatic heterocycles. The van der Waals surface area contributed by atoms with Gasteiger partial charge in [-0.3, -0.25) is 9.59 Å². The second-order valence-electron chi connectivity index (χ2n) is 7.26. The molecular formula is C21H16BrClN4O5S2. The Morgan fingerprint density at radius 1 is 1.24 bits per heavy atom. The van der Waals surface area contributed by atoms with Crippen LogP contribution < -0.4 is 16.6 Å². The number of H-pyrrole nitrogens is 1. The first-order valence-electron chi connectivity index (χ1n) is 9.70. The lowest BCUT2D eigenvalue weighted by atomic mass is 10.1. The molecule has 0 aliphatic carbocycles. The minimum Gasteiger partial charge on any atom is -0.387 e. The molecular weight excluding hydrogens is 568 g/mol. The van der Waals surface area contributed by atoms with Gasteiger partial charge in [0.1, 0.15) is 15.8 Å². The number of nitrogens with one attached hydrogen (secondary N) is 2. The number of nitrogens with zero attached hydrogens (tertiary/aromatic N) is 2. The summed E-state index contributed by atoms with van der Waals surface area (Å²) in [6.07, 6.45) is 1.16. The van der Waals surface area contributed by atoms with Gasteiger partial charge in [-0.05, 0) is 51.8 Å². The third-order valence-corrected chi connectivity index (χ3v) is 9.05. The van der Waals surface area contributed by atoms with Crippen LogP contribution in [0.5, 0.6) is 0 Å². The molecule has 0 atom stereocenters. The zero-order valence-corrected chi connectivity index (χ0v) is 21.4. The van der Waals surface area contributed by atoms with E-state index in [1.54, 1.807) is 19.2 Å². The summed E-state index contributed by atoms with van der Waals surface area (Å²) >= 11 is 10.1. The number of carbonyl (C=O) groups is 1. The van der Waals surface area contributed by atoms with Gasteiger partial charge in [0.25, 0.3) is 5.56 Å². The number of aromatic amines is 1. The Morgan fingerprint density at radius 3 is 2.62 bits per heavy atom. The number of rotatable bonds is 7. The molecule has 0 saturated heterocycles. The van der Waals surface area contributed by atoms with Gasteiger partial charge in [-0.2, -0.15) is 0 Å². The number of hydrogen-bond acceptors (Lipinski definition) is 8. The van der Waals surface area contributed by atoms with Crippen molar-refractivity contribution in [2.45, 2.75) is 10.6 Å². The second-order valence-corrected chi connectivity index (χ2v) is 12.0. The van der Waals surface area contributed by atoms with Gasteiger partial charge < -0.3 is 10.3 Å². The van der Waals surface area contributed by atoms with Gasteiger partial charge in [-0.15, -0.1) is 11.3 Å². The highest BCUT2D eigenvalue weighted by Gasteiger charge is 2.21. The average Bonchev–Trinajstić information content (AvgIpc) is 3.22. The van der Waals surface area contributed by atoms with Crippen LogP contribution in [0, 0.1) is 0 Å². The number of thiophene rings is 1. The summed E-state index contributed by atoms with van der Waals surface area (Å²) in [5.74, 6) is -1.12. The molecule has 9 nitrogen and oxygen atoms in total. The monoisotopic (exact) mass is 582 g/mol. The maximum absolute atomic E-state index is 13.0. The van der Waals surface area contributed by atoms with Crippen LogP contribution in [0.25, 0.3) is 16.7 Å². The first-order chi connectivity index (χ1) is 16.1. The van der Waals surface area contributed by atoms with Crippen molar-refractivity contribution in [2.24, 2.45) is 0 Å². The molecule has 0 saturated carbocycles. The third kappa shape index (κ3) is 4.85. The number of carbonyl (C=O) groups excluding carboxylic acids is 1. The molecule has 0 spiro atoms. The molecule has 4 aromatic rings. The molecule has 13 heteroatoms. The van der Waals surface area contributed by atoms with E-state index in [9.17, 15) is 22.8 Å². The molecule has 176 valence electrons. The van der Waals surface area contributed by atoms with Crippen molar-refractivity contribution in [3.63, 3.8) is 0 Å². The molecule has 0 unspecified atom stereocenters. The Hall–Kier alpha value is -2.80. The fraction of sp³-hybridized carbons (Fsp3) is 0.143. The number of anilines is 1. The molecule has 0 aliphatic rings. The quantitative estimate of drug-likeness (QED) is 0.342. The fourth-order valence-corrected chi connectivity index (χ4v) is 6.67. The first kappa shape index (κ1) is 24.3. The number of ketones is 1. The van der Waals surface area contributed by atoms with Crippen LogP contribution in [0.15, 0.2) is 60.9 Å². The Morgan fingerprint density at radius 2 is 2.00 bits per heavy atom. The number of benzene rings is 1. The molecule has 2 N–H and O–H groups in total. The largest absolute Gasteiger partial charge is 0.387 e. The van der Waals surface area contributed by atoms with E-state index < -0.39 is 32.6 Å². The van der Waals surface area contributed by atoms with Crippen LogP contribution in [-0.4, -0.2) is 41.5 Å². The number of Topliss-reactive ketones (excluding diaryl/α,β-unsaturated/α-hetero) is 1. The number of halogens is 2. The van der Waals surface area contributed by atoms with E-state index in [0.29, 0.717) is 25.6 Å². The number of pyridine rings is 1. The predicted octanol–water partition coefficient (Wildman–Crippen LogP) is 3.18. The molecule has 0 amide bonds. The highest BCUT2D eigenvalue weighted by atomic mass is 79.9. The smallest absolute Gasteiger partial charge is 0.334 e. The molecule has 3 heterocycles. The standard InChI is InChI=1S/C21H16BrClN4O5S2/c1-24-16-8-15-13(7-14(16)22)20(29)27(21(30)26-15)18-4-2-11(9-25-18)6-12(28)10-34(31,32)19-5-3-17(23)33-19/h2-5,7-9,24H,6,10H2,1H3,(H,26,30). The third-order valence-electron chi connectivity index (χ3n) is 4.90. The van der Waals surface area contributed by atoms with E-state index in [2.05, 4.69) is 31.2 Å². The van der Waals surface area contributed by atoms with Crippen molar-refractivity contribution >= 4 is 71.1 Å². The van der Waals surface area contributed by atoms with Crippen molar-refractivity contribution < 1.29 is 13.2 Å². The lowest BCUT2D eigenvalue weighted by molar-refractivity contribution is -0.116. The van der Waals surface area contributed by atoms with Gasteiger partial charge in [0.15, 0.2) is 15.6 Å². The number of fused-ring (bicyclic) bond motifs is 1. The van der Waals surface area contributed by atoms with Crippen LogP contribution in [0.4, 0.5) is 5.69 Å². The predicted molar refractivity (Wildman–Crippen MR) is 135 cm³/mol. The van der Waals surface area contributed by atoms with Crippen LogP contribution >= 0.6 is 38.9 Å². The number of hydrogen-bond donors (Lipinski definition) is 2. The summed E-state index contributed by atoms with van der Waals surface area (Å²) in [7, 11) is -2.07. The summed E-state index contributed by atoms with van der Waals surface area (Å²) in [5.41, 5.74) is 0.295. The van der Waals surface area contributed by atoms with Crippen molar-refractivity contribution in [1.82, 2.24) is 14.5 Å². The highest BCUT2D eigenvalue weighted by molar-refractivity contribution is 9.10. The fourth-order valence-electron chi connectivity index (χ4n) is 3.32. The van der Waals surface area contributed by atoms with Crippen LogP contribution in [0.1, 0.15) is 5.56 Å². The molecule has 34 heavy (non-hydrogen) atoms. The summed E-state index contributed by atoms with van der Waals surface area (Å²) in [6.45, 7) is 0. The number of aromatic nitrogens is 3. The first-order valence-corrected chi connectivity index (χ1v) is 13.3. The minimum atomic E-state index is -3.79. The zero-order valence-electron chi connectivity index (χ0n) is 17.5. The molecule has 0 bridgehead atoms. The Balaban J connectivity index is 1.58. The van der Waals surface area contributed by atoms with Gasteiger partial charge in [0.2, 0.25) is 0 Å². The van der Waals surface area contributed by atoms with Crippen LogP contribution in [0.2, 0.25) is 4.34 Å². The van der Waals surface area contributed by atoms with E-state index in [1.165, 1.54) is 30.5 Å². The van der Waals surface area contributed by atoms with Gasteiger partial charge in [0.05, 0.1) is 20.9 Å². The van der Waals surface area contributed by atoms with E-state index in [-0.39, 0.29) is 21.8 Å². The van der Waals surface area contributed by atoms with E-state index in [0.717, 1.165) is 15.9 Å². The van der Waals surface area contributed by atoms with E-state index >= 15 is 0 Å². The Labute approximate surface area is 210 Å². The van der Waals surface area contributed by atoms with Gasteiger partial charge in [-0.25, -0.2) is 22.8 Å². The second kappa shape index (κ2) is 9.45. The van der Waals surface area contributed by atoms with Gasteiger partial charge in [-0.1, -0.05) is 17.7 Å². The van der Waals surface area contributed by atoms with E-state index in [1.807, 2.05) is 0 Å². The highest BCUT2D eigenvalue weighted by Crippen LogP contribution is 2.27. The topological polar surface area (TPSA) is 131 Å². The molecule has 0 aliphatic heterocycles. The molecule has 4 rings (SSSR count). The molecule has 0 radical (unpaired) electrons. The summed E-state index contributed by atoms with van der Waals surface area (Å²) in [4.78, 5) is 44.8. The van der Waals surface area contributed by atoms with Crippen molar-refractivity contribution in [3.05, 3.63) is 77.8 Å².